The Morgan fingerprint density at radius 1 is 1.28 bits per heavy atom. The molecule has 4 aliphatic rings. The van der Waals surface area contributed by atoms with Gasteiger partial charge in [0, 0.05) is 16.7 Å². The lowest BCUT2D eigenvalue weighted by molar-refractivity contribution is -0.233. The van der Waals surface area contributed by atoms with Crippen LogP contribution in [0.5, 0.6) is 0 Å². The normalized spacial score (nSPS) is 47.4. The van der Waals surface area contributed by atoms with E-state index in [0.717, 1.165) is 0 Å². The fourth-order valence-corrected chi connectivity index (χ4v) is 7.46. The molecule has 8 atom stereocenters. The van der Waals surface area contributed by atoms with E-state index in [1.54, 1.807) is 19.9 Å². The molecule has 3 saturated carbocycles. The number of aliphatic carboxylic acids is 1. The van der Waals surface area contributed by atoms with Crippen LogP contribution in [0.2, 0.25) is 0 Å². The Morgan fingerprint density at radius 2 is 1.94 bits per heavy atom. The lowest BCUT2D eigenvalue weighted by Gasteiger charge is -2.63. The molecule has 0 aromatic carbocycles. The minimum atomic E-state index is -2.10. The van der Waals surface area contributed by atoms with Crippen LogP contribution in [0.1, 0.15) is 46.5 Å². The zero-order chi connectivity index (χ0) is 23.9. The summed E-state index contributed by atoms with van der Waals surface area (Å²) in [7, 11) is 0. The number of alkyl halides is 3. The molecule has 4 aliphatic carbocycles. The number of allylic oxidation sites excluding steroid dienone is 4. The van der Waals surface area contributed by atoms with E-state index < -0.39 is 56.8 Å². The van der Waals surface area contributed by atoms with Gasteiger partial charge in [0.1, 0.15) is 0 Å². The number of carboxylic acid groups (broad SMARTS) is 1. The van der Waals surface area contributed by atoms with E-state index in [4.69, 9.17) is 27.9 Å². The minimum absolute atomic E-state index is 0.0306. The summed E-state index contributed by atoms with van der Waals surface area (Å²) in [6.07, 6.45) is 3.19. The number of carboxylic acids is 1. The van der Waals surface area contributed by atoms with Gasteiger partial charge in [0.05, 0.1) is 6.10 Å². The molecule has 0 heterocycles. The number of fused-ring (bicyclic) bond motifs is 5. The molecule has 4 rings (SSSR count). The van der Waals surface area contributed by atoms with Crippen molar-refractivity contribution in [2.75, 3.05) is 0 Å². The first kappa shape index (κ1) is 23.7. The second-order valence-corrected chi connectivity index (χ2v) is 11.3. The van der Waals surface area contributed by atoms with Gasteiger partial charge >= 0.3 is 11.9 Å². The molecule has 176 valence electrons. The molecule has 9 heteroatoms. The van der Waals surface area contributed by atoms with E-state index in [-0.39, 0.29) is 24.5 Å². The lowest BCUT2D eigenvalue weighted by Crippen LogP contribution is -2.70. The van der Waals surface area contributed by atoms with Crippen molar-refractivity contribution >= 4 is 40.9 Å². The maximum Gasteiger partial charge on any atom is 0.348 e. The fraction of sp³-hybridized carbons (Fsp3) is 0.696. The van der Waals surface area contributed by atoms with Crippen molar-refractivity contribution in [1.29, 1.82) is 0 Å². The lowest BCUT2D eigenvalue weighted by atomic mass is 9.43. The highest BCUT2D eigenvalue weighted by Crippen LogP contribution is 2.71. The SMILES string of the molecule is C[C@H]1C[C@H]2[C@@H]3CC[C@](OC(=O)C(Cl)Cl)(C(=O)O)[C@@]3(C)C[C@H](O)[C@]2(F)[C@@]2(C)C=CC(=O)C=C12. The molecule has 0 amide bonds. The summed E-state index contributed by atoms with van der Waals surface area (Å²) < 4.78 is 22.6. The van der Waals surface area contributed by atoms with E-state index >= 15 is 4.39 Å². The number of aliphatic hydroxyl groups is 1. The molecule has 0 aromatic heterocycles. The standard InChI is InChI=1S/C23H27Cl2FO6/c1-11-8-15-13-5-7-22(19(30)31,32-18(29)17(24)25)21(13,3)10-16(28)23(15,26)20(2)6-4-12(27)9-14(11)20/h4,6,9,11,13,15-17,28H,5,7-8,10H2,1-3H3,(H,30,31)/t11-,13-,15-,16-,20-,21-,22-,23-/m0/s1. The molecule has 32 heavy (non-hydrogen) atoms. The number of halogens is 3. The number of ketones is 1. The topological polar surface area (TPSA) is 101 Å². The molecule has 0 radical (unpaired) electrons. The maximum absolute atomic E-state index is 17.1. The van der Waals surface area contributed by atoms with E-state index in [9.17, 15) is 24.6 Å². The number of rotatable bonds is 3. The number of hydrogen-bond acceptors (Lipinski definition) is 5. The van der Waals surface area contributed by atoms with Gasteiger partial charge in [-0.05, 0) is 56.6 Å². The Labute approximate surface area is 195 Å². The Bertz CT molecular complexity index is 949. The van der Waals surface area contributed by atoms with Crippen LogP contribution in [0.25, 0.3) is 0 Å². The van der Waals surface area contributed by atoms with Crippen LogP contribution in [0, 0.1) is 28.6 Å². The number of ether oxygens (including phenoxy) is 1. The van der Waals surface area contributed by atoms with E-state index in [2.05, 4.69) is 0 Å². The average Bonchev–Trinajstić information content (AvgIpc) is 2.99. The van der Waals surface area contributed by atoms with Crippen molar-refractivity contribution in [1.82, 2.24) is 0 Å². The first-order valence-electron chi connectivity index (χ1n) is 10.8. The molecule has 0 spiro atoms. The first-order valence-corrected chi connectivity index (χ1v) is 11.7. The van der Waals surface area contributed by atoms with Crippen LogP contribution in [0.4, 0.5) is 4.39 Å². The Balaban J connectivity index is 1.83. The Kier molecular flexibility index (Phi) is 5.39. The highest BCUT2D eigenvalue weighted by molar-refractivity contribution is 6.53. The second-order valence-electron chi connectivity index (χ2n) is 10.2. The number of esters is 1. The summed E-state index contributed by atoms with van der Waals surface area (Å²) >= 11 is 11.3. The number of carbonyl (C=O) groups excluding carboxylic acids is 2. The molecular weight excluding hydrogens is 462 g/mol. The third-order valence-electron chi connectivity index (χ3n) is 8.89. The third kappa shape index (κ3) is 2.77. The van der Waals surface area contributed by atoms with Crippen molar-refractivity contribution in [3.05, 3.63) is 23.8 Å². The van der Waals surface area contributed by atoms with Crippen molar-refractivity contribution in [3.8, 4) is 0 Å². The quantitative estimate of drug-likeness (QED) is 0.463. The van der Waals surface area contributed by atoms with Crippen molar-refractivity contribution in [2.45, 2.75) is 68.7 Å². The minimum Gasteiger partial charge on any atom is -0.478 e. The second kappa shape index (κ2) is 7.28. The number of carbonyl (C=O) groups is 3. The molecule has 3 fully saturated rings. The molecule has 0 saturated heterocycles. The summed E-state index contributed by atoms with van der Waals surface area (Å²) in [5.74, 6) is -3.97. The van der Waals surface area contributed by atoms with Gasteiger partial charge < -0.3 is 14.9 Å². The van der Waals surface area contributed by atoms with Gasteiger partial charge in [-0.2, -0.15) is 0 Å². The van der Waals surface area contributed by atoms with E-state index in [1.165, 1.54) is 12.2 Å². The van der Waals surface area contributed by atoms with Crippen molar-refractivity contribution in [2.24, 2.45) is 28.6 Å². The van der Waals surface area contributed by atoms with Crippen LogP contribution in [-0.4, -0.2) is 50.1 Å². The predicted molar refractivity (Wildman–Crippen MR) is 115 cm³/mol. The van der Waals surface area contributed by atoms with Crippen LogP contribution in [0.15, 0.2) is 23.8 Å². The molecule has 0 aromatic rings. The van der Waals surface area contributed by atoms with Gasteiger partial charge in [0.2, 0.25) is 10.4 Å². The van der Waals surface area contributed by atoms with Gasteiger partial charge in [-0.3, -0.25) is 4.79 Å². The van der Waals surface area contributed by atoms with Gasteiger partial charge in [-0.15, -0.1) is 0 Å². The van der Waals surface area contributed by atoms with Crippen molar-refractivity contribution < 1.29 is 33.7 Å². The summed E-state index contributed by atoms with van der Waals surface area (Å²) in [5, 5.41) is 21.5. The van der Waals surface area contributed by atoms with Gasteiger partial charge in [0.25, 0.3) is 0 Å². The number of aliphatic hydroxyl groups excluding tert-OH is 1. The number of hydrogen-bond donors (Lipinski definition) is 2. The van der Waals surface area contributed by atoms with Gasteiger partial charge in [-0.1, -0.05) is 48.7 Å². The summed E-state index contributed by atoms with van der Waals surface area (Å²) in [6.45, 7) is 5.26. The largest absolute Gasteiger partial charge is 0.478 e. The highest BCUT2D eigenvalue weighted by atomic mass is 35.5. The molecule has 2 N–H and O–H groups in total. The zero-order valence-corrected chi connectivity index (χ0v) is 19.6. The van der Waals surface area contributed by atoms with Crippen molar-refractivity contribution in [3.63, 3.8) is 0 Å². The smallest absolute Gasteiger partial charge is 0.348 e. The van der Waals surface area contributed by atoms with Crippen LogP contribution in [0.3, 0.4) is 0 Å². The molecular formula is C23H27Cl2FO6. The van der Waals surface area contributed by atoms with Gasteiger partial charge in [0.15, 0.2) is 11.5 Å². The molecule has 0 bridgehead atoms. The van der Waals surface area contributed by atoms with Crippen LogP contribution < -0.4 is 0 Å². The maximum atomic E-state index is 17.1. The monoisotopic (exact) mass is 488 g/mol. The van der Waals surface area contributed by atoms with Crippen LogP contribution in [-0.2, 0) is 19.1 Å². The first-order chi connectivity index (χ1) is 14.7. The zero-order valence-electron chi connectivity index (χ0n) is 18.1. The Morgan fingerprint density at radius 3 is 2.53 bits per heavy atom. The van der Waals surface area contributed by atoms with Gasteiger partial charge in [-0.25, -0.2) is 14.0 Å². The Hall–Kier alpha value is -1.44. The molecule has 0 aliphatic heterocycles. The van der Waals surface area contributed by atoms with Crippen LogP contribution >= 0.6 is 23.2 Å². The predicted octanol–water partition coefficient (Wildman–Crippen LogP) is 3.77. The highest BCUT2D eigenvalue weighted by Gasteiger charge is 2.76. The summed E-state index contributed by atoms with van der Waals surface area (Å²) in [6, 6.07) is 0. The summed E-state index contributed by atoms with van der Waals surface area (Å²) in [4.78, 5) is 35.2. The molecule has 0 unspecified atom stereocenters. The molecule has 6 nitrogen and oxygen atoms in total. The fourth-order valence-electron chi connectivity index (χ4n) is 7.37. The van der Waals surface area contributed by atoms with E-state index in [0.29, 0.717) is 18.4 Å². The third-order valence-corrected chi connectivity index (χ3v) is 9.24. The van der Waals surface area contributed by atoms with E-state index in [1.807, 2.05) is 6.92 Å². The summed E-state index contributed by atoms with van der Waals surface area (Å²) in [5.41, 5.74) is -5.87. The average molecular weight is 489 g/mol.